The number of aromatic nitrogens is 5. The molecule has 0 bridgehead atoms. The van der Waals surface area contributed by atoms with Crippen molar-refractivity contribution in [1.29, 1.82) is 0 Å². The van der Waals surface area contributed by atoms with Crippen molar-refractivity contribution in [1.82, 2.24) is 24.5 Å². The molecule has 0 atom stereocenters. The average Bonchev–Trinajstić information content (AvgIpc) is 3.21. The Morgan fingerprint density at radius 2 is 1.91 bits per heavy atom. The lowest BCUT2D eigenvalue weighted by atomic mass is 10.1. The van der Waals surface area contributed by atoms with E-state index in [4.69, 9.17) is 4.74 Å². The number of anilines is 1. The smallest absolute Gasteiger partial charge is 0.416 e. The first-order valence-corrected chi connectivity index (χ1v) is 9.91. The van der Waals surface area contributed by atoms with Gasteiger partial charge in [0.15, 0.2) is 17.3 Å². The first-order valence-electron chi connectivity index (χ1n) is 9.91. The molecule has 32 heavy (non-hydrogen) atoms. The maximum Gasteiger partial charge on any atom is 0.416 e. The minimum atomic E-state index is -4.40. The van der Waals surface area contributed by atoms with Crippen LogP contribution in [0.2, 0.25) is 0 Å². The number of methoxy groups -OCH3 is 1. The summed E-state index contributed by atoms with van der Waals surface area (Å²) in [5, 5.41) is 3.13. The zero-order valence-electron chi connectivity index (χ0n) is 17.7. The number of hydrogen-bond acceptors (Lipinski definition) is 6. The minimum absolute atomic E-state index is 0.105. The Bertz CT molecular complexity index is 1230. The number of ether oxygens (including phenoxy) is 1. The largest absolute Gasteiger partial charge is 0.481 e. The third-order valence-electron chi connectivity index (χ3n) is 4.90. The molecule has 3 aromatic heterocycles. The molecule has 0 aliphatic heterocycles. The molecule has 1 N–H and O–H groups in total. The van der Waals surface area contributed by atoms with Gasteiger partial charge in [0.05, 0.1) is 19.0 Å². The molecule has 4 aromatic rings. The molecule has 3 heterocycles. The molecule has 0 aliphatic rings. The summed E-state index contributed by atoms with van der Waals surface area (Å²) in [6.07, 6.45) is -1.12. The van der Waals surface area contributed by atoms with Crippen molar-refractivity contribution in [3.8, 4) is 17.3 Å². The van der Waals surface area contributed by atoms with Gasteiger partial charge in [-0.1, -0.05) is 12.1 Å². The second-order valence-corrected chi connectivity index (χ2v) is 7.45. The van der Waals surface area contributed by atoms with Crippen LogP contribution in [0.4, 0.5) is 19.0 Å². The fourth-order valence-corrected chi connectivity index (χ4v) is 3.22. The first-order chi connectivity index (χ1) is 15.3. The molecule has 0 saturated heterocycles. The third-order valence-corrected chi connectivity index (χ3v) is 4.90. The summed E-state index contributed by atoms with van der Waals surface area (Å²) in [4.78, 5) is 17.9. The molecule has 0 aliphatic carbocycles. The molecule has 0 amide bonds. The van der Waals surface area contributed by atoms with E-state index in [-0.39, 0.29) is 12.6 Å². The molecule has 10 heteroatoms. The average molecular weight is 442 g/mol. The SMILES string of the molecule is COc1ccc(-c2nc(NCc3cccc(C(F)(F)F)c3)c3ncn(C(C)C)c3n2)cn1. The monoisotopic (exact) mass is 442 g/mol. The van der Waals surface area contributed by atoms with Crippen molar-refractivity contribution in [2.45, 2.75) is 32.6 Å². The van der Waals surface area contributed by atoms with Crippen LogP contribution in [0.5, 0.6) is 5.88 Å². The van der Waals surface area contributed by atoms with Crippen LogP contribution in [0.1, 0.15) is 31.0 Å². The quantitative estimate of drug-likeness (QED) is 0.447. The normalized spacial score (nSPS) is 11.8. The Morgan fingerprint density at radius 1 is 1.09 bits per heavy atom. The molecule has 0 unspecified atom stereocenters. The van der Waals surface area contributed by atoms with E-state index < -0.39 is 11.7 Å². The molecule has 0 radical (unpaired) electrons. The number of pyridine rings is 1. The number of fused-ring (bicyclic) bond motifs is 1. The molecular weight excluding hydrogens is 421 g/mol. The Labute approximate surface area is 182 Å². The van der Waals surface area contributed by atoms with E-state index in [1.807, 2.05) is 18.4 Å². The first kappa shape index (κ1) is 21.5. The van der Waals surface area contributed by atoms with Crippen molar-refractivity contribution < 1.29 is 17.9 Å². The summed E-state index contributed by atoms with van der Waals surface area (Å²) < 4.78 is 46.1. The Morgan fingerprint density at radius 3 is 2.56 bits per heavy atom. The van der Waals surface area contributed by atoms with Crippen LogP contribution in [0.15, 0.2) is 48.9 Å². The highest BCUT2D eigenvalue weighted by atomic mass is 19.4. The van der Waals surface area contributed by atoms with E-state index in [9.17, 15) is 13.2 Å². The second kappa shape index (κ2) is 8.45. The van der Waals surface area contributed by atoms with Crippen molar-refractivity contribution in [3.05, 3.63) is 60.0 Å². The molecule has 0 saturated carbocycles. The van der Waals surface area contributed by atoms with Crippen LogP contribution >= 0.6 is 0 Å². The maximum absolute atomic E-state index is 13.0. The van der Waals surface area contributed by atoms with E-state index in [0.717, 1.165) is 12.1 Å². The van der Waals surface area contributed by atoms with Gasteiger partial charge in [0.2, 0.25) is 5.88 Å². The summed E-state index contributed by atoms with van der Waals surface area (Å²) in [5.41, 5.74) is 1.61. The number of imidazole rings is 1. The molecule has 7 nitrogen and oxygen atoms in total. The van der Waals surface area contributed by atoms with Crippen LogP contribution < -0.4 is 10.1 Å². The minimum Gasteiger partial charge on any atom is -0.481 e. The van der Waals surface area contributed by atoms with Crippen LogP contribution in [0.25, 0.3) is 22.6 Å². The van der Waals surface area contributed by atoms with Crippen molar-refractivity contribution in [3.63, 3.8) is 0 Å². The van der Waals surface area contributed by atoms with Gasteiger partial charge in [0.25, 0.3) is 0 Å². The maximum atomic E-state index is 13.0. The second-order valence-electron chi connectivity index (χ2n) is 7.45. The molecule has 0 spiro atoms. The highest BCUT2D eigenvalue weighted by Gasteiger charge is 2.30. The van der Waals surface area contributed by atoms with Gasteiger partial charge in [-0.2, -0.15) is 13.2 Å². The number of nitrogens with one attached hydrogen (secondary N) is 1. The fourth-order valence-electron chi connectivity index (χ4n) is 3.22. The topological polar surface area (TPSA) is 77.8 Å². The number of rotatable bonds is 6. The molecule has 1 aromatic carbocycles. The summed E-state index contributed by atoms with van der Waals surface area (Å²) in [5.74, 6) is 1.31. The van der Waals surface area contributed by atoms with E-state index in [1.165, 1.54) is 13.2 Å². The van der Waals surface area contributed by atoms with Gasteiger partial charge in [0, 0.05) is 30.4 Å². The van der Waals surface area contributed by atoms with E-state index >= 15 is 0 Å². The van der Waals surface area contributed by atoms with Gasteiger partial charge in [-0.25, -0.2) is 19.9 Å². The lowest BCUT2D eigenvalue weighted by Gasteiger charge is -2.12. The zero-order valence-corrected chi connectivity index (χ0v) is 17.7. The number of nitrogens with zero attached hydrogens (tertiary/aromatic N) is 5. The summed E-state index contributed by atoms with van der Waals surface area (Å²) >= 11 is 0. The van der Waals surface area contributed by atoms with Crippen molar-refractivity contribution in [2.75, 3.05) is 12.4 Å². The standard InChI is InChI=1S/C22H21F3N6O/c1-13(2)31-12-28-18-20(27-10-14-5-4-6-16(9-14)22(23,24)25)29-19(30-21(18)31)15-7-8-17(32-3)26-11-15/h4-9,11-13H,10H2,1-3H3,(H,27,29,30). The predicted octanol–water partition coefficient (Wildman–Crippen LogP) is 5.11. The summed E-state index contributed by atoms with van der Waals surface area (Å²) in [7, 11) is 1.53. The van der Waals surface area contributed by atoms with Gasteiger partial charge in [-0.3, -0.25) is 0 Å². The number of hydrogen-bond donors (Lipinski definition) is 1. The van der Waals surface area contributed by atoms with Gasteiger partial charge in [-0.15, -0.1) is 0 Å². The van der Waals surface area contributed by atoms with Crippen LogP contribution in [-0.4, -0.2) is 31.6 Å². The van der Waals surface area contributed by atoms with Crippen LogP contribution in [0.3, 0.4) is 0 Å². The van der Waals surface area contributed by atoms with Crippen molar-refractivity contribution in [2.24, 2.45) is 0 Å². The van der Waals surface area contributed by atoms with Gasteiger partial charge >= 0.3 is 6.18 Å². The molecule has 166 valence electrons. The molecule has 0 fully saturated rings. The number of halogens is 3. The number of alkyl halides is 3. The van der Waals surface area contributed by atoms with Gasteiger partial charge < -0.3 is 14.6 Å². The van der Waals surface area contributed by atoms with Gasteiger partial charge in [0.1, 0.15) is 5.52 Å². The van der Waals surface area contributed by atoms with Crippen LogP contribution in [-0.2, 0) is 12.7 Å². The van der Waals surface area contributed by atoms with E-state index in [2.05, 4.69) is 25.3 Å². The van der Waals surface area contributed by atoms with Crippen LogP contribution in [0, 0.1) is 0 Å². The Kier molecular flexibility index (Phi) is 5.68. The predicted molar refractivity (Wildman–Crippen MR) is 114 cm³/mol. The van der Waals surface area contributed by atoms with E-state index in [0.29, 0.717) is 39.8 Å². The Balaban J connectivity index is 1.73. The zero-order chi connectivity index (χ0) is 22.9. The lowest BCUT2D eigenvalue weighted by Crippen LogP contribution is -2.08. The van der Waals surface area contributed by atoms with Gasteiger partial charge in [-0.05, 0) is 37.6 Å². The highest BCUT2D eigenvalue weighted by Crippen LogP contribution is 2.30. The van der Waals surface area contributed by atoms with Crippen molar-refractivity contribution >= 4 is 17.0 Å². The third kappa shape index (κ3) is 4.34. The Hall–Kier alpha value is -3.69. The fraction of sp³-hybridized carbons (Fsp3) is 0.273. The lowest BCUT2D eigenvalue weighted by molar-refractivity contribution is -0.137. The molecular formula is C22H21F3N6O. The number of benzene rings is 1. The van der Waals surface area contributed by atoms with E-state index in [1.54, 1.807) is 30.7 Å². The summed E-state index contributed by atoms with van der Waals surface area (Å²) in [6.45, 7) is 4.16. The molecule has 4 rings (SSSR count). The summed E-state index contributed by atoms with van der Waals surface area (Å²) in [6, 6.07) is 8.78. The highest BCUT2D eigenvalue weighted by molar-refractivity contribution is 5.85.